The van der Waals surface area contributed by atoms with E-state index in [-0.39, 0.29) is 23.0 Å². The SMILES string of the molecule is [2H][C@@](Nc1cc(Cl)c2ncc(C#N)c(N[C@@H](CC#N)c3ccccc3)c2c1)(c1ccc(F)nc1)c1cn(C2CC2)nn1. The quantitative estimate of drug-likeness (QED) is 0.194. The van der Waals surface area contributed by atoms with Gasteiger partial charge >= 0.3 is 0 Å². The van der Waals surface area contributed by atoms with E-state index in [1.54, 1.807) is 23.0 Å². The summed E-state index contributed by atoms with van der Waals surface area (Å²) in [5.41, 5.74) is 3.08. The zero-order valence-electron chi connectivity index (χ0n) is 22.6. The maximum Gasteiger partial charge on any atom is 0.212 e. The van der Waals surface area contributed by atoms with Gasteiger partial charge in [0.05, 0.1) is 59.9 Å². The highest BCUT2D eigenvalue weighted by atomic mass is 35.5. The number of nitrogens with zero attached hydrogens (tertiary/aromatic N) is 7. The Labute approximate surface area is 241 Å². The van der Waals surface area contributed by atoms with Crippen LogP contribution in [0.2, 0.25) is 5.02 Å². The normalized spacial score (nSPS) is 15.3. The van der Waals surface area contributed by atoms with Crippen molar-refractivity contribution in [3.05, 3.63) is 107 Å². The third-order valence-electron chi connectivity index (χ3n) is 6.83. The summed E-state index contributed by atoms with van der Waals surface area (Å²) in [6.07, 6.45) is 6.54. The molecule has 2 aromatic carbocycles. The maximum absolute atomic E-state index is 13.7. The van der Waals surface area contributed by atoms with E-state index in [1.807, 2.05) is 30.3 Å². The summed E-state index contributed by atoms with van der Waals surface area (Å²) in [7, 11) is 0. The lowest BCUT2D eigenvalue weighted by molar-refractivity contribution is 0.581. The summed E-state index contributed by atoms with van der Waals surface area (Å²) in [6, 6.07) is 18.0. The van der Waals surface area contributed by atoms with Crippen LogP contribution < -0.4 is 10.6 Å². The number of hydrogen-bond donors (Lipinski definition) is 2. The van der Waals surface area contributed by atoms with Crippen LogP contribution in [0.5, 0.6) is 0 Å². The summed E-state index contributed by atoms with van der Waals surface area (Å²) in [5.74, 6) is -0.673. The minimum atomic E-state index is -1.72. The Morgan fingerprint density at radius 2 is 1.90 bits per heavy atom. The number of fused-ring (bicyclic) bond motifs is 1. The van der Waals surface area contributed by atoms with Crippen LogP contribution in [0.4, 0.5) is 15.8 Å². The smallest absolute Gasteiger partial charge is 0.212 e. The lowest BCUT2D eigenvalue weighted by atomic mass is 10.0. The fourth-order valence-electron chi connectivity index (χ4n) is 4.64. The molecule has 0 saturated heterocycles. The second-order valence-electron chi connectivity index (χ2n) is 9.67. The molecule has 1 fully saturated rings. The van der Waals surface area contributed by atoms with Gasteiger partial charge in [-0.3, -0.25) is 4.98 Å². The molecule has 0 unspecified atom stereocenters. The van der Waals surface area contributed by atoms with Gasteiger partial charge in [-0.2, -0.15) is 14.9 Å². The minimum Gasteiger partial charge on any atom is -0.376 e. The number of aromatic nitrogens is 5. The fraction of sp³-hybridized carbons (Fsp3) is 0.200. The van der Waals surface area contributed by atoms with Crippen molar-refractivity contribution in [2.75, 3.05) is 10.6 Å². The fourth-order valence-corrected chi connectivity index (χ4v) is 4.90. The first kappa shape index (κ1) is 24.9. The van der Waals surface area contributed by atoms with E-state index in [2.05, 4.69) is 43.1 Å². The predicted octanol–water partition coefficient (Wildman–Crippen LogP) is 6.49. The van der Waals surface area contributed by atoms with Crippen molar-refractivity contribution in [2.24, 2.45) is 0 Å². The van der Waals surface area contributed by atoms with Gasteiger partial charge in [-0.05, 0) is 42.2 Å². The molecule has 0 aliphatic heterocycles. The second kappa shape index (κ2) is 11.2. The van der Waals surface area contributed by atoms with Crippen molar-refractivity contribution >= 4 is 33.9 Å². The van der Waals surface area contributed by atoms with Crippen molar-refractivity contribution < 1.29 is 5.76 Å². The van der Waals surface area contributed by atoms with Crippen molar-refractivity contribution in [3.8, 4) is 12.1 Å². The Bertz CT molecular complexity index is 1850. The van der Waals surface area contributed by atoms with Gasteiger partial charge in [0.2, 0.25) is 5.95 Å². The zero-order chi connectivity index (χ0) is 29.3. The first-order chi connectivity index (χ1) is 20.4. The van der Waals surface area contributed by atoms with Crippen LogP contribution >= 0.6 is 11.6 Å². The number of halogens is 2. The van der Waals surface area contributed by atoms with Gasteiger partial charge in [0, 0.05) is 23.5 Å². The van der Waals surface area contributed by atoms with Crippen LogP contribution in [0, 0.1) is 28.6 Å². The molecule has 1 saturated carbocycles. The molecule has 202 valence electrons. The van der Waals surface area contributed by atoms with E-state index in [4.69, 9.17) is 11.6 Å². The van der Waals surface area contributed by atoms with E-state index in [1.165, 1.54) is 24.5 Å². The maximum atomic E-state index is 13.7. The molecule has 1 aliphatic carbocycles. The van der Waals surface area contributed by atoms with Crippen molar-refractivity contribution in [2.45, 2.75) is 37.4 Å². The standard InChI is InChI=1S/C30H23ClFN9/c31-24-13-21(37-29(19-6-9-27(32)35-15-19)26-17-41(40-39-26)22-7-8-22)12-23-28(20(14-34)16-36-30(23)24)38-25(10-11-33)18-4-2-1-3-5-18/h1-6,9,12-13,15-17,22,25,29,37H,7-8,10H2,(H,36,38)/t25-,29+/m0/s1/i29D. The van der Waals surface area contributed by atoms with Gasteiger partial charge in [0.1, 0.15) is 11.8 Å². The summed E-state index contributed by atoms with van der Waals surface area (Å²) in [5, 5.41) is 35.4. The number of hydrogen-bond acceptors (Lipinski definition) is 8. The lowest BCUT2D eigenvalue weighted by Gasteiger charge is -2.22. The molecule has 3 heterocycles. The van der Waals surface area contributed by atoms with Gasteiger partial charge in [-0.1, -0.05) is 53.2 Å². The van der Waals surface area contributed by atoms with Crippen LogP contribution in [-0.4, -0.2) is 25.0 Å². The number of nitriles is 2. The number of benzene rings is 2. The van der Waals surface area contributed by atoms with Crippen LogP contribution in [0.25, 0.3) is 10.9 Å². The molecule has 0 amide bonds. The molecule has 11 heteroatoms. The van der Waals surface area contributed by atoms with Gasteiger partial charge in [-0.15, -0.1) is 5.10 Å². The topological polar surface area (TPSA) is 128 Å². The van der Waals surface area contributed by atoms with E-state index in [0.717, 1.165) is 18.4 Å². The number of pyridine rings is 2. The van der Waals surface area contributed by atoms with E-state index >= 15 is 0 Å². The first-order valence-corrected chi connectivity index (χ1v) is 13.3. The third kappa shape index (κ3) is 5.51. The van der Waals surface area contributed by atoms with Gasteiger partial charge in [0.15, 0.2) is 0 Å². The number of rotatable bonds is 9. The molecule has 2 N–H and O–H groups in total. The summed E-state index contributed by atoms with van der Waals surface area (Å²) in [4.78, 5) is 8.18. The molecule has 3 aromatic heterocycles. The van der Waals surface area contributed by atoms with Crippen LogP contribution in [-0.2, 0) is 0 Å². The highest BCUT2D eigenvalue weighted by molar-refractivity contribution is 6.35. The van der Waals surface area contributed by atoms with Crippen molar-refractivity contribution in [3.63, 3.8) is 0 Å². The summed E-state index contributed by atoms with van der Waals surface area (Å²) >= 11 is 6.72. The van der Waals surface area contributed by atoms with E-state index in [0.29, 0.717) is 33.5 Å². The zero-order valence-corrected chi connectivity index (χ0v) is 22.3. The van der Waals surface area contributed by atoms with Crippen molar-refractivity contribution in [1.29, 1.82) is 10.5 Å². The van der Waals surface area contributed by atoms with Gasteiger partial charge < -0.3 is 10.6 Å². The third-order valence-corrected chi connectivity index (χ3v) is 7.12. The minimum absolute atomic E-state index is 0.147. The summed E-state index contributed by atoms with van der Waals surface area (Å²) < 4.78 is 25.0. The molecule has 41 heavy (non-hydrogen) atoms. The molecule has 1 aliphatic rings. The molecule has 9 nitrogen and oxygen atoms in total. The molecule has 2 atom stereocenters. The lowest BCUT2D eigenvalue weighted by Crippen LogP contribution is -2.14. The van der Waals surface area contributed by atoms with Gasteiger partial charge in [-0.25, -0.2) is 9.67 Å². The number of anilines is 2. The molecule has 6 rings (SSSR count). The summed E-state index contributed by atoms with van der Waals surface area (Å²) in [6.45, 7) is 0. The molecular weight excluding hydrogens is 541 g/mol. The van der Waals surface area contributed by atoms with Crippen LogP contribution in [0.15, 0.2) is 73.2 Å². The Kier molecular flexibility index (Phi) is 6.82. The van der Waals surface area contributed by atoms with Crippen molar-refractivity contribution in [1.82, 2.24) is 25.0 Å². The molecular formula is C30H23ClFN9. The highest BCUT2D eigenvalue weighted by Gasteiger charge is 2.27. The molecule has 5 aromatic rings. The van der Waals surface area contributed by atoms with E-state index in [9.17, 15) is 16.3 Å². The monoisotopic (exact) mass is 564 g/mol. The Morgan fingerprint density at radius 1 is 1.07 bits per heavy atom. The molecule has 0 radical (unpaired) electrons. The predicted molar refractivity (Wildman–Crippen MR) is 152 cm³/mol. The van der Waals surface area contributed by atoms with Crippen LogP contribution in [0.3, 0.4) is 0 Å². The molecule has 0 bridgehead atoms. The average Bonchev–Trinajstić information content (AvgIpc) is 3.73. The van der Waals surface area contributed by atoms with E-state index < -0.39 is 18.0 Å². The Hall–Kier alpha value is -5.06. The first-order valence-electron chi connectivity index (χ1n) is 13.4. The Balaban J connectivity index is 1.46. The van der Waals surface area contributed by atoms with Gasteiger partial charge in [0.25, 0.3) is 0 Å². The number of nitrogens with one attached hydrogen (secondary N) is 2. The average molecular weight is 565 g/mol. The molecule has 0 spiro atoms. The highest BCUT2D eigenvalue weighted by Crippen LogP contribution is 2.38. The second-order valence-corrected chi connectivity index (χ2v) is 10.1. The Morgan fingerprint density at radius 3 is 2.61 bits per heavy atom. The largest absolute Gasteiger partial charge is 0.376 e. The van der Waals surface area contributed by atoms with Crippen LogP contribution in [0.1, 0.15) is 61.1 Å².